The van der Waals surface area contributed by atoms with Gasteiger partial charge in [-0.2, -0.15) is 9.90 Å². The Balaban J connectivity index is 0. The topological polar surface area (TPSA) is 0 Å². The molecule has 0 rings (SSSR count). The Hall–Kier alpha value is 0.654. The van der Waals surface area contributed by atoms with Crippen molar-refractivity contribution in [1.82, 2.24) is 0 Å². The van der Waals surface area contributed by atoms with Gasteiger partial charge >= 0.3 is 21.7 Å². The quantitative estimate of drug-likeness (QED) is 0.215. The van der Waals surface area contributed by atoms with E-state index in [9.17, 15) is 0 Å². The molecular formula is H6F7PTi. The zero-order chi connectivity index (χ0) is 0. The summed E-state index contributed by atoms with van der Waals surface area (Å²) in [6, 6.07) is 0. The first-order valence-electron chi connectivity index (χ1n) is 0. The molecule has 0 aliphatic carbocycles. The van der Waals surface area contributed by atoms with E-state index in [2.05, 4.69) is 0 Å². The molecule has 0 radical (unpaired) electrons. The molecule has 64 valence electrons. The molecule has 0 saturated heterocycles. The van der Waals surface area contributed by atoms with Crippen LogP contribution in [-0.4, -0.2) is 0 Å². The van der Waals surface area contributed by atoms with Crippen LogP contribution in [0, 0.1) is 0 Å². The number of hydrogen-bond donors (Lipinski definition) is 0. The van der Waals surface area contributed by atoms with Gasteiger partial charge in [-0.05, 0) is 0 Å². The van der Waals surface area contributed by atoms with Crippen LogP contribution in [0.4, 0.5) is 14.1 Å². The second kappa shape index (κ2) is 1180. The van der Waals surface area contributed by atoms with Crippen molar-refractivity contribution in [1.29, 1.82) is 0 Å². The van der Waals surface area contributed by atoms with Gasteiger partial charge in [0.2, 0.25) is 0 Å². The predicted octanol–water partition coefficient (Wildman–Crippen LogP) is -11.5. The fourth-order valence-electron chi connectivity index (χ4n) is 0. The van der Waals surface area contributed by atoms with Crippen LogP contribution in [0.2, 0.25) is 0 Å². The fraction of sp³-hybridized carbons (Fsp3) is 0. The molecule has 0 aromatic rings. The molecule has 0 aromatic carbocycles. The SMILES string of the molecule is F.F.F.P.[F-].[F-].[F-].[F-].[Ti+4]. The average Bonchev–Trinajstić information content (AvgIpc) is 0. The van der Waals surface area contributed by atoms with Crippen LogP contribution in [0.3, 0.4) is 0 Å². The molecule has 9 heavy (non-hydrogen) atoms. The van der Waals surface area contributed by atoms with Crippen molar-refractivity contribution in [2.45, 2.75) is 0 Å². The third kappa shape index (κ3) is 895. The van der Waals surface area contributed by atoms with Gasteiger partial charge in [0, 0.05) is 0 Å². The molecule has 0 aliphatic heterocycles. The van der Waals surface area contributed by atoms with Crippen LogP contribution >= 0.6 is 9.90 Å². The summed E-state index contributed by atoms with van der Waals surface area (Å²) in [5, 5.41) is 0. The summed E-state index contributed by atoms with van der Waals surface area (Å²) in [7, 11) is 0. The number of rotatable bonds is 0. The molecule has 0 aromatic heterocycles. The molecule has 0 saturated carbocycles. The smallest absolute Gasteiger partial charge is 1.00 e. The third-order valence-corrected chi connectivity index (χ3v) is 0. The maximum Gasteiger partial charge on any atom is 4.00 e. The van der Waals surface area contributed by atoms with Crippen molar-refractivity contribution in [3.63, 3.8) is 0 Å². The summed E-state index contributed by atoms with van der Waals surface area (Å²) in [6.45, 7) is 0. The van der Waals surface area contributed by atoms with E-state index in [1.165, 1.54) is 0 Å². The third-order valence-electron chi connectivity index (χ3n) is 0. The van der Waals surface area contributed by atoms with Crippen LogP contribution in [-0.2, 0) is 21.7 Å². The van der Waals surface area contributed by atoms with Gasteiger partial charge in [-0.15, -0.1) is 0 Å². The van der Waals surface area contributed by atoms with Crippen LogP contribution in [0.5, 0.6) is 0 Å². The van der Waals surface area contributed by atoms with Crippen LogP contribution in [0.25, 0.3) is 0 Å². The van der Waals surface area contributed by atoms with Gasteiger partial charge in [0.15, 0.2) is 0 Å². The molecule has 0 aliphatic rings. The Labute approximate surface area is 65.2 Å². The second-order valence-electron chi connectivity index (χ2n) is 0. The van der Waals surface area contributed by atoms with E-state index in [4.69, 9.17) is 0 Å². The van der Waals surface area contributed by atoms with Gasteiger partial charge in [-0.25, -0.2) is 0 Å². The van der Waals surface area contributed by atoms with E-state index < -0.39 is 0 Å². The Kier molecular flexibility index (Phi) is 222000. The van der Waals surface area contributed by atoms with Crippen LogP contribution in [0.15, 0.2) is 0 Å². The van der Waals surface area contributed by atoms with Gasteiger partial charge in [0.1, 0.15) is 0 Å². The van der Waals surface area contributed by atoms with Crippen molar-refractivity contribution in [3.8, 4) is 0 Å². The monoisotopic (exact) mass is 218 g/mol. The number of halogens is 7. The molecule has 0 amide bonds. The summed E-state index contributed by atoms with van der Waals surface area (Å²) in [6.07, 6.45) is 0. The van der Waals surface area contributed by atoms with Gasteiger partial charge in [0.25, 0.3) is 0 Å². The van der Waals surface area contributed by atoms with E-state index in [-0.39, 0.29) is 64.5 Å². The summed E-state index contributed by atoms with van der Waals surface area (Å²) in [5.74, 6) is 0. The maximum absolute atomic E-state index is 0. The molecule has 0 fully saturated rings. The summed E-state index contributed by atoms with van der Waals surface area (Å²) >= 11 is 0. The molecule has 1 unspecified atom stereocenters. The van der Waals surface area contributed by atoms with Gasteiger partial charge in [-0.3, -0.25) is 14.1 Å². The van der Waals surface area contributed by atoms with Crippen molar-refractivity contribution >= 4 is 9.90 Å². The first-order chi connectivity index (χ1) is 0. The van der Waals surface area contributed by atoms with Crippen molar-refractivity contribution in [2.75, 3.05) is 0 Å². The van der Waals surface area contributed by atoms with E-state index >= 15 is 0 Å². The first kappa shape index (κ1) is 1690. The first-order valence-corrected chi connectivity index (χ1v) is 0. The Bertz CT molecular complexity index is 8.88. The summed E-state index contributed by atoms with van der Waals surface area (Å²) in [4.78, 5) is 0. The summed E-state index contributed by atoms with van der Waals surface area (Å²) < 4.78 is 0. The minimum absolute atomic E-state index is 0. The molecule has 0 bridgehead atoms. The number of hydrogen-bond acceptors (Lipinski definition) is 0. The predicted molar refractivity (Wildman–Crippen MR) is 18.6 cm³/mol. The molecule has 0 N–H and O–H groups in total. The zero-order valence-electron chi connectivity index (χ0n) is 3.94. The Morgan fingerprint density at radius 3 is 0.444 bits per heavy atom. The minimum atomic E-state index is 0. The molecular weight excluding hydrogens is 212 g/mol. The van der Waals surface area contributed by atoms with Crippen molar-refractivity contribution in [3.05, 3.63) is 0 Å². The van der Waals surface area contributed by atoms with Gasteiger partial charge < -0.3 is 18.8 Å². The van der Waals surface area contributed by atoms with Crippen LogP contribution < -0.4 is 18.8 Å². The van der Waals surface area contributed by atoms with Crippen molar-refractivity contribution < 1.29 is 54.6 Å². The molecule has 9 heteroatoms. The standard InChI is InChI=1S/7FH.H3P.Ti/h7*1H;1H3;/q;;;;;;;;+4/p-4. The van der Waals surface area contributed by atoms with E-state index in [0.717, 1.165) is 0 Å². The Morgan fingerprint density at radius 2 is 0.444 bits per heavy atom. The van der Waals surface area contributed by atoms with Crippen molar-refractivity contribution in [2.24, 2.45) is 0 Å². The normalized spacial score (nSPS) is 0. The summed E-state index contributed by atoms with van der Waals surface area (Å²) in [5.41, 5.74) is 0. The zero-order valence-corrected chi connectivity index (χ0v) is 6.92. The van der Waals surface area contributed by atoms with E-state index in [0.29, 0.717) is 0 Å². The second-order valence-corrected chi connectivity index (χ2v) is 0. The molecule has 0 nitrogen and oxygen atoms in total. The average molecular weight is 218 g/mol. The molecule has 1 atom stereocenters. The van der Waals surface area contributed by atoms with E-state index in [1.54, 1.807) is 0 Å². The van der Waals surface area contributed by atoms with E-state index in [1.807, 2.05) is 0 Å². The van der Waals surface area contributed by atoms with Gasteiger partial charge in [0.05, 0.1) is 0 Å². The Morgan fingerprint density at radius 1 is 0.444 bits per heavy atom. The molecule has 0 heterocycles. The maximum atomic E-state index is 0. The van der Waals surface area contributed by atoms with Crippen LogP contribution in [0.1, 0.15) is 0 Å². The minimum Gasteiger partial charge on any atom is -1.00 e. The van der Waals surface area contributed by atoms with Gasteiger partial charge in [-0.1, -0.05) is 0 Å². The molecule has 0 spiro atoms. The largest absolute Gasteiger partial charge is 4.00 e. The fourth-order valence-corrected chi connectivity index (χ4v) is 0.